The number of carbonyl (C=O) groups is 1. The van der Waals surface area contributed by atoms with Crippen molar-refractivity contribution >= 4 is 17.3 Å². The largest absolute Gasteiger partial charge is 0.497 e. The predicted molar refractivity (Wildman–Crippen MR) is 114 cm³/mol. The molecule has 0 radical (unpaired) electrons. The van der Waals surface area contributed by atoms with Gasteiger partial charge in [0.25, 0.3) is 0 Å². The Morgan fingerprint density at radius 3 is 2.55 bits per heavy atom. The summed E-state index contributed by atoms with van der Waals surface area (Å²) in [5.74, 6) is 2.04. The number of benzene rings is 2. The average Bonchev–Trinajstić information content (AvgIpc) is 2.72. The van der Waals surface area contributed by atoms with E-state index >= 15 is 0 Å². The Bertz CT molecular complexity index is 820. The normalized spacial score (nSPS) is 15.5. The number of nitrogens with zero attached hydrogens (tertiary/aromatic N) is 2. The number of amides is 1. The molecule has 156 valence electrons. The second-order valence-corrected chi connectivity index (χ2v) is 7.09. The van der Waals surface area contributed by atoms with Crippen LogP contribution in [-0.4, -0.2) is 64.4 Å². The fourth-order valence-corrected chi connectivity index (χ4v) is 3.51. The zero-order chi connectivity index (χ0) is 20.8. The third-order valence-corrected chi connectivity index (χ3v) is 4.87. The molecule has 1 amide bonds. The van der Waals surface area contributed by atoms with Crippen LogP contribution in [0.5, 0.6) is 17.2 Å². The SMILES string of the molecule is CCN1CC(CN(C)CC(=O)Nc2cc(OC)cc(OC)c2)Oc2ccccc21. The molecule has 0 saturated heterocycles. The number of fused-ring (bicyclic) bond motifs is 1. The van der Waals surface area contributed by atoms with Crippen LogP contribution in [0.15, 0.2) is 42.5 Å². The molecule has 1 unspecified atom stereocenters. The zero-order valence-corrected chi connectivity index (χ0v) is 17.5. The van der Waals surface area contributed by atoms with Crippen LogP contribution in [0.4, 0.5) is 11.4 Å². The molecule has 2 aromatic rings. The monoisotopic (exact) mass is 399 g/mol. The van der Waals surface area contributed by atoms with Crippen molar-refractivity contribution in [3.8, 4) is 17.2 Å². The summed E-state index contributed by atoms with van der Waals surface area (Å²) in [4.78, 5) is 16.8. The number of carbonyl (C=O) groups excluding carboxylic acids is 1. The van der Waals surface area contributed by atoms with Crippen LogP contribution in [0.25, 0.3) is 0 Å². The summed E-state index contributed by atoms with van der Waals surface area (Å²) in [6, 6.07) is 13.4. The quantitative estimate of drug-likeness (QED) is 0.737. The molecular weight excluding hydrogens is 370 g/mol. The molecule has 29 heavy (non-hydrogen) atoms. The molecule has 1 heterocycles. The Morgan fingerprint density at radius 1 is 1.21 bits per heavy atom. The predicted octanol–water partition coefficient (Wildman–Crippen LogP) is 2.86. The van der Waals surface area contributed by atoms with Crippen molar-refractivity contribution in [1.82, 2.24) is 4.90 Å². The maximum Gasteiger partial charge on any atom is 0.238 e. The molecule has 0 bridgehead atoms. The second kappa shape index (κ2) is 9.52. The van der Waals surface area contributed by atoms with Crippen LogP contribution in [0.3, 0.4) is 0 Å². The standard InChI is InChI=1S/C22H29N3O4/c1-5-25-14-19(29-21-9-7-6-8-20(21)25)13-24(2)15-22(26)23-16-10-17(27-3)12-18(11-16)28-4/h6-12,19H,5,13-15H2,1-4H3,(H,23,26). The maximum absolute atomic E-state index is 12.5. The molecule has 0 fully saturated rings. The van der Waals surface area contributed by atoms with Crippen LogP contribution in [0.2, 0.25) is 0 Å². The number of ether oxygens (including phenoxy) is 3. The smallest absolute Gasteiger partial charge is 0.238 e. The van der Waals surface area contributed by atoms with Crippen molar-refractivity contribution < 1.29 is 19.0 Å². The van der Waals surface area contributed by atoms with E-state index in [2.05, 4.69) is 23.2 Å². The molecule has 0 aromatic heterocycles. The molecule has 1 aliphatic heterocycles. The third-order valence-electron chi connectivity index (χ3n) is 4.87. The van der Waals surface area contributed by atoms with Crippen LogP contribution < -0.4 is 24.4 Å². The van der Waals surface area contributed by atoms with Gasteiger partial charge in [-0.25, -0.2) is 0 Å². The Labute approximate surface area is 172 Å². The summed E-state index contributed by atoms with van der Waals surface area (Å²) >= 11 is 0. The molecule has 1 aliphatic rings. The van der Waals surface area contributed by atoms with E-state index in [1.165, 1.54) is 0 Å². The molecule has 1 atom stereocenters. The third kappa shape index (κ3) is 5.32. The Morgan fingerprint density at radius 2 is 1.90 bits per heavy atom. The van der Waals surface area contributed by atoms with Crippen molar-refractivity contribution in [2.75, 3.05) is 57.7 Å². The van der Waals surface area contributed by atoms with E-state index in [4.69, 9.17) is 14.2 Å². The van der Waals surface area contributed by atoms with Crippen molar-refractivity contribution in [3.05, 3.63) is 42.5 Å². The topological polar surface area (TPSA) is 63.3 Å². The number of hydrogen-bond acceptors (Lipinski definition) is 6. The number of rotatable bonds is 8. The van der Waals surface area contributed by atoms with E-state index < -0.39 is 0 Å². The van der Waals surface area contributed by atoms with E-state index in [-0.39, 0.29) is 18.6 Å². The van der Waals surface area contributed by atoms with Crippen molar-refractivity contribution in [3.63, 3.8) is 0 Å². The van der Waals surface area contributed by atoms with Crippen LogP contribution in [-0.2, 0) is 4.79 Å². The van der Waals surface area contributed by atoms with Gasteiger partial charge in [-0.05, 0) is 26.1 Å². The van der Waals surface area contributed by atoms with Crippen LogP contribution >= 0.6 is 0 Å². The van der Waals surface area contributed by atoms with Gasteiger partial charge in [-0.1, -0.05) is 12.1 Å². The fourth-order valence-electron chi connectivity index (χ4n) is 3.51. The fraction of sp³-hybridized carbons (Fsp3) is 0.409. The van der Waals surface area contributed by atoms with Gasteiger partial charge in [-0.2, -0.15) is 0 Å². The van der Waals surface area contributed by atoms with E-state index in [9.17, 15) is 4.79 Å². The van der Waals surface area contributed by atoms with Gasteiger partial charge in [-0.3, -0.25) is 9.69 Å². The maximum atomic E-state index is 12.5. The number of methoxy groups -OCH3 is 2. The first-order valence-electron chi connectivity index (χ1n) is 9.74. The lowest BCUT2D eigenvalue weighted by Gasteiger charge is -2.37. The molecule has 0 aliphatic carbocycles. The molecule has 7 nitrogen and oxygen atoms in total. The van der Waals surface area contributed by atoms with Crippen molar-refractivity contribution in [2.45, 2.75) is 13.0 Å². The van der Waals surface area contributed by atoms with Gasteiger partial charge in [0, 0.05) is 37.0 Å². The minimum absolute atomic E-state index is 0.000404. The second-order valence-electron chi connectivity index (χ2n) is 7.09. The lowest BCUT2D eigenvalue weighted by molar-refractivity contribution is -0.117. The number of anilines is 2. The zero-order valence-electron chi connectivity index (χ0n) is 17.5. The van der Waals surface area contributed by atoms with Crippen LogP contribution in [0, 0.1) is 0 Å². The van der Waals surface area contributed by atoms with Gasteiger partial charge in [-0.15, -0.1) is 0 Å². The van der Waals surface area contributed by atoms with Gasteiger partial charge < -0.3 is 24.4 Å². The highest BCUT2D eigenvalue weighted by atomic mass is 16.5. The first kappa shape index (κ1) is 20.8. The molecular formula is C22H29N3O4. The minimum Gasteiger partial charge on any atom is -0.497 e. The minimum atomic E-state index is -0.105. The summed E-state index contributed by atoms with van der Waals surface area (Å²) < 4.78 is 16.6. The number of para-hydroxylation sites is 2. The van der Waals surface area contributed by atoms with E-state index in [1.807, 2.05) is 30.1 Å². The molecule has 3 rings (SSSR count). The molecule has 7 heteroatoms. The van der Waals surface area contributed by atoms with Gasteiger partial charge in [0.05, 0.1) is 33.0 Å². The van der Waals surface area contributed by atoms with Crippen molar-refractivity contribution in [1.29, 1.82) is 0 Å². The van der Waals surface area contributed by atoms with E-state index in [1.54, 1.807) is 32.4 Å². The van der Waals surface area contributed by atoms with E-state index in [0.717, 1.165) is 24.5 Å². The lowest BCUT2D eigenvalue weighted by atomic mass is 10.2. The molecule has 0 spiro atoms. The van der Waals surface area contributed by atoms with Gasteiger partial charge in [0.2, 0.25) is 5.91 Å². The highest BCUT2D eigenvalue weighted by Gasteiger charge is 2.25. The first-order chi connectivity index (χ1) is 14.0. The Hall–Kier alpha value is -2.93. The van der Waals surface area contributed by atoms with E-state index in [0.29, 0.717) is 23.7 Å². The molecule has 0 saturated carbocycles. The highest BCUT2D eigenvalue weighted by molar-refractivity contribution is 5.92. The lowest BCUT2D eigenvalue weighted by Crippen LogP contribution is -2.46. The summed E-state index contributed by atoms with van der Waals surface area (Å²) in [5, 5.41) is 2.90. The average molecular weight is 399 g/mol. The molecule has 2 aromatic carbocycles. The molecule has 1 N–H and O–H groups in total. The summed E-state index contributed by atoms with van der Waals surface area (Å²) in [6.07, 6.45) is -0.000404. The van der Waals surface area contributed by atoms with Crippen molar-refractivity contribution in [2.24, 2.45) is 0 Å². The highest BCUT2D eigenvalue weighted by Crippen LogP contribution is 2.32. The first-order valence-corrected chi connectivity index (χ1v) is 9.74. The summed E-state index contributed by atoms with van der Waals surface area (Å²) in [5.41, 5.74) is 1.76. The Kier molecular flexibility index (Phi) is 6.82. The van der Waals surface area contributed by atoms with Crippen LogP contribution in [0.1, 0.15) is 6.92 Å². The van der Waals surface area contributed by atoms with Gasteiger partial charge >= 0.3 is 0 Å². The number of likely N-dealkylation sites (N-methyl/N-ethyl adjacent to an activating group) is 2. The summed E-state index contributed by atoms with van der Waals surface area (Å²) in [7, 11) is 5.08. The number of hydrogen-bond donors (Lipinski definition) is 1. The summed E-state index contributed by atoms with van der Waals surface area (Å²) in [6.45, 7) is 4.76. The Balaban J connectivity index is 1.57. The number of nitrogens with one attached hydrogen (secondary N) is 1. The van der Waals surface area contributed by atoms with Gasteiger partial charge in [0.1, 0.15) is 23.4 Å². The van der Waals surface area contributed by atoms with Gasteiger partial charge in [0.15, 0.2) is 0 Å².